The highest BCUT2D eigenvalue weighted by molar-refractivity contribution is 5.44. The number of rotatable bonds is 5. The van der Waals surface area contributed by atoms with Crippen molar-refractivity contribution in [2.75, 3.05) is 5.32 Å². The van der Waals surface area contributed by atoms with Crippen molar-refractivity contribution in [2.24, 2.45) is 0 Å². The molecule has 0 unspecified atom stereocenters. The van der Waals surface area contributed by atoms with Crippen molar-refractivity contribution in [2.45, 2.75) is 26.6 Å². The number of benzene rings is 1. The SMILES string of the molecule is CCn1nccc1CNc1ccc(CO)cc1. The van der Waals surface area contributed by atoms with E-state index in [-0.39, 0.29) is 6.61 Å². The van der Waals surface area contributed by atoms with E-state index in [0.29, 0.717) is 0 Å². The summed E-state index contributed by atoms with van der Waals surface area (Å²) in [6, 6.07) is 9.79. The van der Waals surface area contributed by atoms with Gasteiger partial charge in [-0.2, -0.15) is 5.10 Å². The normalized spacial score (nSPS) is 10.5. The Morgan fingerprint density at radius 2 is 2.00 bits per heavy atom. The number of aromatic nitrogens is 2. The van der Waals surface area contributed by atoms with Crippen molar-refractivity contribution in [3.63, 3.8) is 0 Å². The Kier molecular flexibility index (Phi) is 3.77. The standard InChI is InChI=1S/C13H17N3O/c1-2-16-13(7-8-15-16)9-14-12-5-3-11(10-17)4-6-12/h3-8,14,17H,2,9-10H2,1H3. The van der Waals surface area contributed by atoms with Gasteiger partial charge in [0.05, 0.1) is 18.8 Å². The first-order valence-corrected chi connectivity index (χ1v) is 5.78. The number of hydrogen-bond donors (Lipinski definition) is 2. The van der Waals surface area contributed by atoms with Crippen LogP contribution >= 0.6 is 0 Å². The van der Waals surface area contributed by atoms with Gasteiger partial charge in [0.25, 0.3) is 0 Å². The molecule has 0 saturated carbocycles. The van der Waals surface area contributed by atoms with E-state index in [9.17, 15) is 0 Å². The third kappa shape index (κ3) is 2.85. The number of aliphatic hydroxyl groups excluding tert-OH is 1. The molecule has 2 N–H and O–H groups in total. The van der Waals surface area contributed by atoms with Crippen molar-refractivity contribution in [1.82, 2.24) is 9.78 Å². The van der Waals surface area contributed by atoms with Crippen LogP contribution < -0.4 is 5.32 Å². The highest BCUT2D eigenvalue weighted by atomic mass is 16.3. The number of aliphatic hydroxyl groups is 1. The zero-order chi connectivity index (χ0) is 12.1. The van der Waals surface area contributed by atoms with E-state index >= 15 is 0 Å². The first kappa shape index (κ1) is 11.7. The molecule has 0 radical (unpaired) electrons. The van der Waals surface area contributed by atoms with Gasteiger partial charge in [0.1, 0.15) is 0 Å². The van der Waals surface area contributed by atoms with Gasteiger partial charge >= 0.3 is 0 Å². The van der Waals surface area contributed by atoms with Crippen LogP contribution in [0.3, 0.4) is 0 Å². The maximum absolute atomic E-state index is 8.94. The molecule has 0 saturated heterocycles. The highest BCUT2D eigenvalue weighted by Crippen LogP contribution is 2.11. The first-order chi connectivity index (χ1) is 8.33. The zero-order valence-corrected chi connectivity index (χ0v) is 9.93. The summed E-state index contributed by atoms with van der Waals surface area (Å²) in [5.41, 5.74) is 3.14. The molecule has 0 aliphatic rings. The van der Waals surface area contributed by atoms with E-state index in [4.69, 9.17) is 5.11 Å². The fraction of sp³-hybridized carbons (Fsp3) is 0.308. The summed E-state index contributed by atoms with van der Waals surface area (Å²) >= 11 is 0. The molecule has 1 heterocycles. The molecule has 2 rings (SSSR count). The molecule has 0 bridgehead atoms. The number of anilines is 1. The van der Waals surface area contributed by atoms with Gasteiger partial charge in [-0.05, 0) is 30.7 Å². The lowest BCUT2D eigenvalue weighted by atomic mass is 10.2. The van der Waals surface area contributed by atoms with Crippen LogP contribution in [0, 0.1) is 0 Å². The summed E-state index contributed by atoms with van der Waals surface area (Å²) in [6.07, 6.45) is 1.81. The molecule has 1 aromatic carbocycles. The summed E-state index contributed by atoms with van der Waals surface area (Å²) in [4.78, 5) is 0. The molecule has 17 heavy (non-hydrogen) atoms. The Morgan fingerprint density at radius 1 is 1.24 bits per heavy atom. The minimum atomic E-state index is 0.0862. The van der Waals surface area contributed by atoms with Crippen molar-refractivity contribution < 1.29 is 5.11 Å². The van der Waals surface area contributed by atoms with E-state index in [1.165, 1.54) is 5.69 Å². The zero-order valence-electron chi connectivity index (χ0n) is 9.93. The molecular weight excluding hydrogens is 214 g/mol. The third-order valence-electron chi connectivity index (χ3n) is 2.71. The average molecular weight is 231 g/mol. The van der Waals surface area contributed by atoms with Crippen LogP contribution in [-0.4, -0.2) is 14.9 Å². The maximum Gasteiger partial charge on any atom is 0.0681 e. The Labute approximate surface area is 101 Å². The van der Waals surface area contributed by atoms with Crippen LogP contribution in [0.15, 0.2) is 36.5 Å². The Morgan fingerprint density at radius 3 is 2.65 bits per heavy atom. The van der Waals surface area contributed by atoms with Gasteiger partial charge in [0.15, 0.2) is 0 Å². The third-order valence-corrected chi connectivity index (χ3v) is 2.71. The monoisotopic (exact) mass is 231 g/mol. The minimum absolute atomic E-state index is 0.0862. The van der Waals surface area contributed by atoms with Gasteiger partial charge in [-0.25, -0.2) is 0 Å². The molecule has 0 aliphatic heterocycles. The summed E-state index contributed by atoms with van der Waals surface area (Å²) in [5.74, 6) is 0. The van der Waals surface area contributed by atoms with Gasteiger partial charge in [0, 0.05) is 18.4 Å². The van der Waals surface area contributed by atoms with Crippen molar-refractivity contribution in [3.05, 3.63) is 47.8 Å². The van der Waals surface area contributed by atoms with Crippen molar-refractivity contribution in [1.29, 1.82) is 0 Å². The fourth-order valence-corrected chi connectivity index (χ4v) is 1.72. The summed E-state index contributed by atoms with van der Waals surface area (Å²) in [5, 5.41) is 16.5. The number of nitrogens with zero attached hydrogens (tertiary/aromatic N) is 2. The van der Waals surface area contributed by atoms with Crippen LogP contribution in [-0.2, 0) is 19.7 Å². The predicted molar refractivity (Wildman–Crippen MR) is 67.6 cm³/mol. The molecular formula is C13H17N3O. The summed E-state index contributed by atoms with van der Waals surface area (Å²) in [7, 11) is 0. The molecule has 0 aliphatic carbocycles. The van der Waals surface area contributed by atoms with Crippen molar-refractivity contribution in [3.8, 4) is 0 Å². The molecule has 2 aromatic rings. The van der Waals surface area contributed by atoms with Gasteiger partial charge in [-0.3, -0.25) is 4.68 Å². The number of nitrogens with one attached hydrogen (secondary N) is 1. The van der Waals surface area contributed by atoms with Crippen LogP contribution in [0.1, 0.15) is 18.2 Å². The second-order valence-electron chi connectivity index (χ2n) is 3.85. The Balaban J connectivity index is 1.97. The van der Waals surface area contributed by atoms with Gasteiger partial charge in [-0.15, -0.1) is 0 Å². The quantitative estimate of drug-likeness (QED) is 0.827. The molecule has 4 nitrogen and oxygen atoms in total. The summed E-state index contributed by atoms with van der Waals surface area (Å²) in [6.45, 7) is 3.80. The lowest BCUT2D eigenvalue weighted by Crippen LogP contribution is -2.07. The predicted octanol–water partition coefficient (Wildman–Crippen LogP) is 2.01. The average Bonchev–Trinajstić information content (AvgIpc) is 2.84. The van der Waals surface area contributed by atoms with Crippen LogP contribution in [0.2, 0.25) is 0 Å². The second-order valence-corrected chi connectivity index (χ2v) is 3.85. The van der Waals surface area contributed by atoms with Crippen LogP contribution in [0.5, 0.6) is 0 Å². The molecule has 90 valence electrons. The first-order valence-electron chi connectivity index (χ1n) is 5.78. The van der Waals surface area contributed by atoms with Crippen LogP contribution in [0.25, 0.3) is 0 Å². The molecule has 1 aromatic heterocycles. The van der Waals surface area contributed by atoms with Gasteiger partial charge in [-0.1, -0.05) is 12.1 Å². The lowest BCUT2D eigenvalue weighted by molar-refractivity contribution is 0.282. The molecule has 0 atom stereocenters. The smallest absolute Gasteiger partial charge is 0.0681 e. The summed E-state index contributed by atoms with van der Waals surface area (Å²) < 4.78 is 1.97. The molecule has 0 spiro atoms. The molecule has 0 amide bonds. The Bertz CT molecular complexity index is 462. The fourth-order valence-electron chi connectivity index (χ4n) is 1.72. The van der Waals surface area contributed by atoms with E-state index in [0.717, 1.165) is 24.3 Å². The van der Waals surface area contributed by atoms with Crippen molar-refractivity contribution >= 4 is 5.69 Å². The number of aryl methyl sites for hydroxylation is 1. The van der Waals surface area contributed by atoms with E-state index in [1.807, 2.05) is 41.2 Å². The van der Waals surface area contributed by atoms with E-state index in [2.05, 4.69) is 17.3 Å². The highest BCUT2D eigenvalue weighted by Gasteiger charge is 2.00. The van der Waals surface area contributed by atoms with E-state index < -0.39 is 0 Å². The maximum atomic E-state index is 8.94. The van der Waals surface area contributed by atoms with Gasteiger partial charge < -0.3 is 10.4 Å². The largest absolute Gasteiger partial charge is 0.392 e. The Hall–Kier alpha value is -1.81. The lowest BCUT2D eigenvalue weighted by Gasteiger charge is -2.08. The van der Waals surface area contributed by atoms with Gasteiger partial charge in [0.2, 0.25) is 0 Å². The number of hydrogen-bond acceptors (Lipinski definition) is 3. The molecule has 4 heteroatoms. The topological polar surface area (TPSA) is 50.1 Å². The molecule has 0 fully saturated rings. The minimum Gasteiger partial charge on any atom is -0.392 e. The van der Waals surface area contributed by atoms with E-state index in [1.54, 1.807) is 0 Å². The van der Waals surface area contributed by atoms with Crippen LogP contribution in [0.4, 0.5) is 5.69 Å². The second kappa shape index (κ2) is 5.50.